The van der Waals surface area contributed by atoms with E-state index in [1.54, 1.807) is 9.80 Å². The van der Waals surface area contributed by atoms with Crippen LogP contribution in [0.5, 0.6) is 0 Å². The van der Waals surface area contributed by atoms with Crippen molar-refractivity contribution in [3.8, 4) is 6.07 Å². The van der Waals surface area contributed by atoms with Gasteiger partial charge in [0.05, 0.1) is 11.7 Å². The van der Waals surface area contributed by atoms with Crippen LogP contribution in [0.25, 0.3) is 0 Å². The lowest BCUT2D eigenvalue weighted by atomic mass is 10.1. The van der Waals surface area contributed by atoms with Gasteiger partial charge in [0.25, 0.3) is 0 Å². The molecule has 0 unspecified atom stereocenters. The number of aliphatic hydroxyl groups excluding tert-OH is 1. The van der Waals surface area contributed by atoms with Crippen LogP contribution in [0.3, 0.4) is 0 Å². The Morgan fingerprint density at radius 2 is 2.11 bits per heavy atom. The molecule has 146 valence electrons. The van der Waals surface area contributed by atoms with Crippen molar-refractivity contribution in [3.05, 3.63) is 52.7 Å². The van der Waals surface area contributed by atoms with Gasteiger partial charge in [0.1, 0.15) is 17.9 Å². The highest BCUT2D eigenvalue weighted by Crippen LogP contribution is 2.31. The average Bonchev–Trinajstić information content (AvgIpc) is 3.03. The lowest BCUT2D eigenvalue weighted by Crippen LogP contribution is -2.46. The Morgan fingerprint density at radius 3 is 2.75 bits per heavy atom. The quantitative estimate of drug-likeness (QED) is 0.885. The number of β-amino-alcohol motifs (C(OH)–C–C–N with tert-alkyl or cyclic N) is 1. The Labute approximate surface area is 166 Å². The van der Waals surface area contributed by atoms with Crippen molar-refractivity contribution in [2.45, 2.75) is 46.3 Å². The molecule has 1 amide bonds. The molecule has 1 fully saturated rings. The molecule has 0 bridgehead atoms. The number of rotatable bonds is 4. The zero-order chi connectivity index (χ0) is 20.4. The highest BCUT2D eigenvalue weighted by atomic mass is 16.3. The van der Waals surface area contributed by atoms with Crippen molar-refractivity contribution in [1.82, 2.24) is 4.98 Å². The Balaban J connectivity index is 2.01. The van der Waals surface area contributed by atoms with Crippen LogP contribution in [0.2, 0.25) is 0 Å². The molecular formula is C22H26N4O2. The third kappa shape index (κ3) is 3.71. The summed E-state index contributed by atoms with van der Waals surface area (Å²) < 4.78 is 0. The van der Waals surface area contributed by atoms with Crippen molar-refractivity contribution in [1.29, 1.82) is 5.26 Å². The van der Waals surface area contributed by atoms with E-state index in [1.807, 2.05) is 58.0 Å². The molecule has 28 heavy (non-hydrogen) atoms. The molecule has 0 aliphatic carbocycles. The molecule has 1 saturated heterocycles. The van der Waals surface area contributed by atoms with Gasteiger partial charge in [0.15, 0.2) is 0 Å². The number of nitriles is 1. The van der Waals surface area contributed by atoms with Gasteiger partial charge in [-0.2, -0.15) is 5.26 Å². The smallest absolute Gasteiger partial charge is 0.249 e. The van der Waals surface area contributed by atoms with E-state index in [4.69, 9.17) is 0 Å². The first kappa shape index (κ1) is 19.8. The SMILES string of the molecule is CCN(C(=O)[C@@H]1C[C@@H](O)CN1c1nc(C)cc(C)c1C#N)c1cccc(C)c1. The van der Waals surface area contributed by atoms with E-state index in [9.17, 15) is 15.2 Å². The van der Waals surface area contributed by atoms with E-state index in [1.165, 1.54) is 0 Å². The minimum absolute atomic E-state index is 0.0884. The third-order valence-corrected chi connectivity index (χ3v) is 5.17. The van der Waals surface area contributed by atoms with Crippen LogP contribution in [0.15, 0.2) is 30.3 Å². The van der Waals surface area contributed by atoms with E-state index in [0.29, 0.717) is 24.3 Å². The second-order valence-electron chi connectivity index (χ2n) is 7.37. The average molecular weight is 378 g/mol. The molecule has 6 heteroatoms. The van der Waals surface area contributed by atoms with Gasteiger partial charge in [-0.05, 0) is 57.0 Å². The number of aliphatic hydroxyl groups is 1. The predicted molar refractivity (Wildman–Crippen MR) is 109 cm³/mol. The van der Waals surface area contributed by atoms with Gasteiger partial charge in [0.2, 0.25) is 5.91 Å². The van der Waals surface area contributed by atoms with E-state index in [0.717, 1.165) is 22.5 Å². The largest absolute Gasteiger partial charge is 0.391 e. The number of aryl methyl sites for hydroxylation is 3. The fourth-order valence-electron chi connectivity index (χ4n) is 3.89. The lowest BCUT2D eigenvalue weighted by Gasteiger charge is -2.31. The van der Waals surface area contributed by atoms with Crippen LogP contribution in [0.4, 0.5) is 11.5 Å². The van der Waals surface area contributed by atoms with Crippen molar-refractivity contribution >= 4 is 17.4 Å². The molecule has 6 nitrogen and oxygen atoms in total. The van der Waals surface area contributed by atoms with Crippen LogP contribution >= 0.6 is 0 Å². The van der Waals surface area contributed by atoms with Gasteiger partial charge >= 0.3 is 0 Å². The molecule has 0 radical (unpaired) electrons. The maximum Gasteiger partial charge on any atom is 0.249 e. The molecule has 1 aliphatic rings. The minimum Gasteiger partial charge on any atom is -0.391 e. The monoisotopic (exact) mass is 378 g/mol. The fourth-order valence-corrected chi connectivity index (χ4v) is 3.89. The number of pyridine rings is 1. The molecule has 2 aromatic rings. The molecule has 2 heterocycles. The number of hydrogen-bond donors (Lipinski definition) is 1. The second kappa shape index (κ2) is 7.99. The molecular weight excluding hydrogens is 352 g/mol. The number of amides is 1. The summed E-state index contributed by atoms with van der Waals surface area (Å²) in [5.74, 6) is 0.393. The van der Waals surface area contributed by atoms with Crippen molar-refractivity contribution in [2.75, 3.05) is 22.9 Å². The Kier molecular flexibility index (Phi) is 5.66. The lowest BCUT2D eigenvalue weighted by molar-refractivity contribution is -0.119. The molecule has 3 rings (SSSR count). The Hall–Kier alpha value is -2.91. The highest BCUT2D eigenvalue weighted by Gasteiger charge is 2.40. The first-order valence-corrected chi connectivity index (χ1v) is 9.56. The minimum atomic E-state index is -0.640. The van der Waals surface area contributed by atoms with E-state index in [2.05, 4.69) is 11.1 Å². The van der Waals surface area contributed by atoms with Crippen molar-refractivity contribution < 1.29 is 9.90 Å². The summed E-state index contributed by atoms with van der Waals surface area (Å²) in [7, 11) is 0. The van der Waals surface area contributed by atoms with Crippen LogP contribution in [-0.2, 0) is 4.79 Å². The summed E-state index contributed by atoms with van der Waals surface area (Å²) in [6, 6.07) is 11.3. The molecule has 1 N–H and O–H groups in total. The standard InChI is InChI=1S/C22H26N4O2/c1-5-25(17-8-6-7-14(2)9-17)22(28)20-11-18(27)13-26(20)21-19(12-23)15(3)10-16(4)24-21/h6-10,18,20,27H,5,11,13H2,1-4H3/t18-,20+/m1/s1. The van der Waals surface area contributed by atoms with Crippen LogP contribution < -0.4 is 9.80 Å². The summed E-state index contributed by atoms with van der Waals surface area (Å²) in [6.07, 6.45) is -0.319. The van der Waals surface area contributed by atoms with Gasteiger partial charge in [0, 0.05) is 30.9 Å². The maximum atomic E-state index is 13.4. The number of hydrogen-bond acceptors (Lipinski definition) is 5. The molecule has 1 aliphatic heterocycles. The summed E-state index contributed by atoms with van der Waals surface area (Å²) in [4.78, 5) is 21.5. The molecule has 1 aromatic heterocycles. The Bertz CT molecular complexity index is 935. The van der Waals surface area contributed by atoms with Crippen molar-refractivity contribution in [2.24, 2.45) is 0 Å². The molecule has 0 spiro atoms. The van der Waals surface area contributed by atoms with Crippen LogP contribution in [0.1, 0.15) is 35.7 Å². The first-order valence-electron chi connectivity index (χ1n) is 9.56. The van der Waals surface area contributed by atoms with Crippen LogP contribution in [0, 0.1) is 32.1 Å². The predicted octanol–water partition coefficient (Wildman–Crippen LogP) is 2.87. The number of aromatic nitrogens is 1. The topological polar surface area (TPSA) is 80.5 Å². The van der Waals surface area contributed by atoms with Gasteiger partial charge in [-0.15, -0.1) is 0 Å². The number of carbonyl (C=O) groups is 1. The summed E-state index contributed by atoms with van der Waals surface area (Å²) >= 11 is 0. The molecule has 1 aromatic carbocycles. The van der Waals surface area contributed by atoms with Gasteiger partial charge in [-0.3, -0.25) is 4.79 Å². The summed E-state index contributed by atoms with van der Waals surface area (Å²) in [5.41, 5.74) is 3.97. The number of anilines is 2. The third-order valence-electron chi connectivity index (χ3n) is 5.17. The zero-order valence-corrected chi connectivity index (χ0v) is 16.8. The highest BCUT2D eigenvalue weighted by molar-refractivity contribution is 5.99. The number of benzene rings is 1. The van der Waals surface area contributed by atoms with E-state index in [-0.39, 0.29) is 12.5 Å². The fraction of sp³-hybridized carbons (Fsp3) is 0.409. The number of nitrogens with zero attached hydrogens (tertiary/aromatic N) is 4. The zero-order valence-electron chi connectivity index (χ0n) is 16.8. The van der Waals surface area contributed by atoms with Crippen molar-refractivity contribution in [3.63, 3.8) is 0 Å². The molecule has 2 atom stereocenters. The van der Waals surface area contributed by atoms with Gasteiger partial charge in [-0.25, -0.2) is 4.98 Å². The summed E-state index contributed by atoms with van der Waals surface area (Å²) in [6.45, 7) is 8.47. The number of likely N-dealkylation sites (N-methyl/N-ethyl adjacent to an activating group) is 1. The summed E-state index contributed by atoms with van der Waals surface area (Å²) in [5, 5.41) is 20.0. The second-order valence-corrected chi connectivity index (χ2v) is 7.37. The van der Waals surface area contributed by atoms with Gasteiger partial charge < -0.3 is 14.9 Å². The number of carbonyl (C=O) groups excluding carboxylic acids is 1. The van der Waals surface area contributed by atoms with E-state index >= 15 is 0 Å². The Morgan fingerprint density at radius 1 is 1.36 bits per heavy atom. The molecule has 0 saturated carbocycles. The van der Waals surface area contributed by atoms with Gasteiger partial charge in [-0.1, -0.05) is 12.1 Å². The normalized spacial score (nSPS) is 18.8. The first-order chi connectivity index (χ1) is 13.3. The van der Waals surface area contributed by atoms with Crippen LogP contribution in [-0.4, -0.2) is 41.2 Å². The van der Waals surface area contributed by atoms with E-state index < -0.39 is 12.1 Å². The maximum absolute atomic E-state index is 13.4.